The van der Waals surface area contributed by atoms with Gasteiger partial charge >= 0.3 is 5.97 Å². The summed E-state index contributed by atoms with van der Waals surface area (Å²) in [5.74, 6) is -2.45. The van der Waals surface area contributed by atoms with Gasteiger partial charge in [0.2, 0.25) is 11.8 Å². The first-order chi connectivity index (χ1) is 17.8. The lowest BCUT2D eigenvalue weighted by atomic mass is 9.70. The van der Waals surface area contributed by atoms with Crippen molar-refractivity contribution in [3.63, 3.8) is 0 Å². The Bertz CT molecular complexity index is 884. The Morgan fingerprint density at radius 2 is 1.95 bits per heavy atom. The van der Waals surface area contributed by atoms with Gasteiger partial charge in [0, 0.05) is 12.6 Å². The van der Waals surface area contributed by atoms with Crippen LogP contribution in [0.15, 0.2) is 25.3 Å². The highest BCUT2D eigenvalue weighted by Gasteiger charge is 2.75. The third kappa shape index (κ3) is 4.87. The molecule has 0 radical (unpaired) electrons. The number of ether oxygens (including phenoxy) is 2. The van der Waals surface area contributed by atoms with E-state index in [0.29, 0.717) is 25.8 Å². The fourth-order valence-electron chi connectivity index (χ4n) is 7.22. The van der Waals surface area contributed by atoms with Gasteiger partial charge in [-0.25, -0.2) is 0 Å². The maximum absolute atomic E-state index is 14.5. The Hall–Kier alpha value is -2.19. The molecule has 1 aliphatic carbocycles. The van der Waals surface area contributed by atoms with Crippen molar-refractivity contribution in [1.29, 1.82) is 0 Å². The summed E-state index contributed by atoms with van der Waals surface area (Å²) in [7, 11) is 0. The number of hydrogen-bond donors (Lipinski definition) is 1. The molecule has 37 heavy (non-hydrogen) atoms. The molecule has 8 heteroatoms. The largest absolute Gasteiger partial charge is 0.465 e. The number of rotatable bonds is 12. The molecular formula is C29H44N2O6. The fourth-order valence-corrected chi connectivity index (χ4v) is 7.22. The van der Waals surface area contributed by atoms with Crippen LogP contribution in [0.1, 0.15) is 71.6 Å². The molecule has 2 unspecified atom stereocenters. The van der Waals surface area contributed by atoms with Crippen molar-refractivity contribution in [2.45, 2.75) is 101 Å². The summed E-state index contributed by atoms with van der Waals surface area (Å²) >= 11 is 0. The zero-order chi connectivity index (χ0) is 26.7. The van der Waals surface area contributed by atoms with Gasteiger partial charge in [0.05, 0.1) is 37.2 Å². The quantitative estimate of drug-likeness (QED) is 0.243. The first-order valence-electron chi connectivity index (χ1n) is 14.1. The Labute approximate surface area is 221 Å². The highest BCUT2D eigenvalue weighted by Crippen LogP contribution is 2.59. The van der Waals surface area contributed by atoms with Crippen molar-refractivity contribution in [1.82, 2.24) is 9.80 Å². The van der Waals surface area contributed by atoms with E-state index in [-0.39, 0.29) is 37.0 Å². The first kappa shape index (κ1) is 27.8. The maximum atomic E-state index is 14.5. The number of likely N-dealkylation sites (tertiary alicyclic amines) is 1. The number of hydrogen-bond acceptors (Lipinski definition) is 6. The average Bonchev–Trinajstić information content (AvgIpc) is 3.53. The number of unbranched alkanes of at least 4 members (excludes halogenated alkanes) is 1. The van der Waals surface area contributed by atoms with Crippen LogP contribution >= 0.6 is 0 Å². The van der Waals surface area contributed by atoms with Gasteiger partial charge in [0.15, 0.2) is 0 Å². The molecule has 3 aliphatic heterocycles. The van der Waals surface area contributed by atoms with Gasteiger partial charge < -0.3 is 24.4 Å². The molecule has 1 spiro atoms. The highest BCUT2D eigenvalue weighted by atomic mass is 16.6. The smallest absolute Gasteiger partial charge is 0.312 e. The van der Waals surface area contributed by atoms with E-state index in [1.165, 1.54) is 0 Å². The average molecular weight is 517 g/mol. The van der Waals surface area contributed by atoms with Crippen molar-refractivity contribution in [2.24, 2.45) is 17.8 Å². The van der Waals surface area contributed by atoms with E-state index in [1.54, 1.807) is 17.1 Å². The highest BCUT2D eigenvalue weighted by molar-refractivity contribution is 5.98. The molecule has 2 amide bonds. The predicted molar refractivity (Wildman–Crippen MR) is 139 cm³/mol. The standard InChI is InChI=1S/C29H44N2O6/c1-5-7-11-17-36-28(35)23-22-14-15-29(37-22)24(23)26(33)31(21(18-32)19(3)4)25(29)27(34)30(16-6-2)20-12-9-8-10-13-20/h5-6,19-25,32H,1-2,7-18H2,3-4H3/t21-,22-,23+,24-,25?,29?/m0/s1. The third-order valence-corrected chi connectivity index (χ3v) is 8.98. The predicted octanol–water partition coefficient (Wildman–Crippen LogP) is 3.23. The molecule has 4 aliphatic rings. The summed E-state index contributed by atoms with van der Waals surface area (Å²) in [4.78, 5) is 45.4. The van der Waals surface area contributed by atoms with Gasteiger partial charge in [-0.2, -0.15) is 0 Å². The number of aliphatic hydroxyl groups is 1. The van der Waals surface area contributed by atoms with Crippen molar-refractivity contribution in [2.75, 3.05) is 19.8 Å². The summed E-state index contributed by atoms with van der Waals surface area (Å²) < 4.78 is 12.1. The van der Waals surface area contributed by atoms with Gasteiger partial charge in [-0.15, -0.1) is 13.2 Å². The number of fused-ring (bicyclic) bond motifs is 1. The molecule has 0 aromatic heterocycles. The van der Waals surface area contributed by atoms with Crippen LogP contribution in [0.2, 0.25) is 0 Å². The zero-order valence-corrected chi connectivity index (χ0v) is 22.5. The summed E-state index contributed by atoms with van der Waals surface area (Å²) in [5, 5.41) is 10.4. The van der Waals surface area contributed by atoms with Crippen molar-refractivity contribution >= 4 is 17.8 Å². The Kier molecular flexibility index (Phi) is 8.79. The molecule has 3 heterocycles. The van der Waals surface area contributed by atoms with Gasteiger partial charge in [0.25, 0.3) is 0 Å². The second-order valence-electron chi connectivity index (χ2n) is 11.5. The number of allylic oxidation sites excluding steroid dienone is 1. The van der Waals surface area contributed by atoms with Crippen LogP contribution in [0.3, 0.4) is 0 Å². The SMILES string of the molecule is C=CCCCOC(=O)[C@@H]1[C@@H]2CCC3(O2)C(C(=O)N(CC=C)C2CCCCC2)N([C@@H](CO)C(C)C)C(=O)[C@H]13. The first-order valence-corrected chi connectivity index (χ1v) is 14.1. The lowest BCUT2D eigenvalue weighted by molar-refractivity contribution is -0.157. The lowest BCUT2D eigenvalue weighted by Crippen LogP contribution is -2.61. The van der Waals surface area contributed by atoms with Crippen molar-refractivity contribution < 1.29 is 29.0 Å². The molecule has 2 bridgehead atoms. The summed E-state index contributed by atoms with van der Waals surface area (Å²) in [6, 6.07) is -1.34. The van der Waals surface area contributed by atoms with E-state index in [1.807, 2.05) is 18.7 Å². The number of carbonyl (C=O) groups is 3. The van der Waals surface area contributed by atoms with E-state index in [9.17, 15) is 19.5 Å². The van der Waals surface area contributed by atoms with Gasteiger partial charge in [-0.3, -0.25) is 14.4 Å². The minimum atomic E-state index is -1.08. The number of nitrogens with zero attached hydrogens (tertiary/aromatic N) is 2. The van der Waals surface area contributed by atoms with Gasteiger partial charge in [-0.1, -0.05) is 45.3 Å². The molecular weight excluding hydrogens is 472 g/mol. The lowest BCUT2D eigenvalue weighted by Gasteiger charge is -2.43. The topological polar surface area (TPSA) is 96.4 Å². The number of esters is 1. The van der Waals surface area contributed by atoms with Crippen LogP contribution in [0, 0.1) is 17.8 Å². The molecule has 3 saturated heterocycles. The fraction of sp³-hybridized carbons (Fsp3) is 0.759. The van der Waals surface area contributed by atoms with E-state index in [2.05, 4.69) is 13.2 Å². The molecule has 4 fully saturated rings. The van der Waals surface area contributed by atoms with E-state index >= 15 is 0 Å². The molecule has 206 valence electrons. The summed E-state index contributed by atoms with van der Waals surface area (Å²) in [5.41, 5.74) is -1.08. The number of amides is 2. The summed E-state index contributed by atoms with van der Waals surface area (Å²) in [6.45, 7) is 11.9. The molecule has 1 saturated carbocycles. The molecule has 1 N–H and O–H groups in total. The van der Waals surface area contributed by atoms with Gasteiger partial charge in [0.1, 0.15) is 11.6 Å². The minimum Gasteiger partial charge on any atom is -0.465 e. The van der Waals surface area contributed by atoms with Crippen LogP contribution in [0.4, 0.5) is 0 Å². The Morgan fingerprint density at radius 1 is 1.22 bits per heavy atom. The van der Waals surface area contributed by atoms with Crippen LogP contribution in [-0.2, 0) is 23.9 Å². The van der Waals surface area contributed by atoms with Crippen molar-refractivity contribution in [3.05, 3.63) is 25.3 Å². The third-order valence-electron chi connectivity index (χ3n) is 8.98. The Morgan fingerprint density at radius 3 is 2.57 bits per heavy atom. The van der Waals surface area contributed by atoms with Crippen molar-refractivity contribution in [3.8, 4) is 0 Å². The minimum absolute atomic E-state index is 0.0801. The number of carbonyl (C=O) groups excluding carboxylic acids is 3. The second kappa shape index (κ2) is 11.7. The molecule has 8 nitrogen and oxygen atoms in total. The van der Waals surface area contributed by atoms with E-state index in [4.69, 9.17) is 9.47 Å². The van der Waals surface area contributed by atoms with Gasteiger partial charge in [-0.05, 0) is 44.4 Å². The van der Waals surface area contributed by atoms with E-state index < -0.39 is 41.6 Å². The molecule has 0 aromatic carbocycles. The Balaban J connectivity index is 1.70. The molecule has 4 rings (SSSR count). The maximum Gasteiger partial charge on any atom is 0.312 e. The molecule has 6 atom stereocenters. The zero-order valence-electron chi connectivity index (χ0n) is 22.5. The normalized spacial score (nSPS) is 31.9. The summed E-state index contributed by atoms with van der Waals surface area (Å²) in [6.07, 6.45) is 10.8. The van der Waals surface area contributed by atoms with E-state index in [0.717, 1.165) is 38.5 Å². The number of aliphatic hydroxyl groups excluding tert-OH is 1. The second-order valence-corrected chi connectivity index (χ2v) is 11.5. The van der Waals surface area contributed by atoms with Crippen LogP contribution in [-0.4, -0.2) is 82.3 Å². The van der Waals surface area contributed by atoms with Crippen LogP contribution < -0.4 is 0 Å². The van der Waals surface area contributed by atoms with Crippen LogP contribution in [0.25, 0.3) is 0 Å². The monoisotopic (exact) mass is 516 g/mol. The van der Waals surface area contributed by atoms with Crippen LogP contribution in [0.5, 0.6) is 0 Å². The molecule has 0 aromatic rings.